The SMILES string of the molecule is O=C(OCc1ccccc1)N1CCc2oc(-c3ccnc(C(=O)N4CCN(C(c5ccccc5)c5nnn(C(F)F)n5)CC4)c3)nc2C1. The molecule has 13 nitrogen and oxygen atoms in total. The van der Waals surface area contributed by atoms with Gasteiger partial charge >= 0.3 is 12.6 Å². The maximum atomic E-state index is 13.6. The van der Waals surface area contributed by atoms with Crippen molar-refractivity contribution in [1.82, 2.24) is 44.9 Å². The fourth-order valence-corrected chi connectivity index (χ4v) is 5.90. The van der Waals surface area contributed by atoms with Gasteiger partial charge < -0.3 is 19.0 Å². The normalized spacial score (nSPS) is 15.7. The van der Waals surface area contributed by atoms with Gasteiger partial charge in [-0.2, -0.15) is 8.78 Å². The molecule has 48 heavy (non-hydrogen) atoms. The molecule has 5 heterocycles. The number of oxazole rings is 1. The number of piperazine rings is 1. The lowest BCUT2D eigenvalue weighted by molar-refractivity contribution is 0.0385. The van der Waals surface area contributed by atoms with Crippen LogP contribution in [0.25, 0.3) is 11.5 Å². The minimum absolute atomic E-state index is 0.163. The van der Waals surface area contributed by atoms with Crippen LogP contribution in [0, 0.1) is 0 Å². The fourth-order valence-electron chi connectivity index (χ4n) is 5.90. The van der Waals surface area contributed by atoms with Gasteiger partial charge in [-0.15, -0.1) is 10.2 Å². The molecule has 7 rings (SSSR count). The van der Waals surface area contributed by atoms with Gasteiger partial charge in [0.05, 0.1) is 12.6 Å². The summed E-state index contributed by atoms with van der Waals surface area (Å²) in [5.74, 6) is 0.944. The summed E-state index contributed by atoms with van der Waals surface area (Å²) in [4.78, 5) is 40.9. The van der Waals surface area contributed by atoms with E-state index in [2.05, 4.69) is 25.4 Å². The van der Waals surface area contributed by atoms with Gasteiger partial charge in [-0.1, -0.05) is 65.5 Å². The lowest BCUT2D eigenvalue weighted by atomic mass is 10.0. The smallest absolute Gasteiger partial charge is 0.410 e. The first-order chi connectivity index (χ1) is 23.4. The summed E-state index contributed by atoms with van der Waals surface area (Å²) in [6.45, 7) is -0.369. The van der Waals surface area contributed by atoms with Crippen molar-refractivity contribution in [2.45, 2.75) is 32.2 Å². The number of benzene rings is 2. The van der Waals surface area contributed by atoms with Crippen LogP contribution in [-0.2, 0) is 24.3 Å². The summed E-state index contributed by atoms with van der Waals surface area (Å²) in [5.41, 5.74) is 3.22. The van der Waals surface area contributed by atoms with Crippen molar-refractivity contribution in [3.05, 3.63) is 113 Å². The van der Waals surface area contributed by atoms with Gasteiger partial charge in [-0.3, -0.25) is 14.7 Å². The number of carbonyl (C=O) groups is 2. The molecule has 0 aliphatic carbocycles. The summed E-state index contributed by atoms with van der Waals surface area (Å²) in [6.07, 6.45) is 1.61. The topological polar surface area (TPSA) is 136 Å². The summed E-state index contributed by atoms with van der Waals surface area (Å²) >= 11 is 0. The highest BCUT2D eigenvalue weighted by molar-refractivity contribution is 5.93. The van der Waals surface area contributed by atoms with Crippen molar-refractivity contribution in [2.24, 2.45) is 0 Å². The first kappa shape index (κ1) is 31.1. The van der Waals surface area contributed by atoms with E-state index in [1.165, 1.54) is 0 Å². The van der Waals surface area contributed by atoms with Gasteiger partial charge in [0.2, 0.25) is 5.89 Å². The molecule has 5 aromatic rings. The average Bonchev–Trinajstić information content (AvgIpc) is 3.80. The Morgan fingerprint density at radius 1 is 0.917 bits per heavy atom. The van der Waals surface area contributed by atoms with Crippen molar-refractivity contribution in [3.63, 3.8) is 0 Å². The summed E-state index contributed by atoms with van der Waals surface area (Å²) in [7, 11) is 0. The predicted octanol–water partition coefficient (Wildman–Crippen LogP) is 4.36. The molecule has 3 aromatic heterocycles. The van der Waals surface area contributed by atoms with Crippen LogP contribution in [0.3, 0.4) is 0 Å². The molecular weight excluding hydrogens is 624 g/mol. The number of halogens is 2. The molecule has 1 unspecified atom stereocenters. The second-order valence-electron chi connectivity index (χ2n) is 11.4. The lowest BCUT2D eigenvalue weighted by Crippen LogP contribution is -2.50. The third kappa shape index (κ3) is 6.62. The van der Waals surface area contributed by atoms with Crippen molar-refractivity contribution in [3.8, 4) is 11.5 Å². The number of ether oxygens (including phenoxy) is 1. The Labute approximate surface area is 273 Å². The van der Waals surface area contributed by atoms with Crippen molar-refractivity contribution in [2.75, 3.05) is 32.7 Å². The summed E-state index contributed by atoms with van der Waals surface area (Å²) < 4.78 is 38.0. The molecule has 2 aromatic carbocycles. The molecule has 2 aliphatic rings. The van der Waals surface area contributed by atoms with Crippen LogP contribution in [-0.4, -0.2) is 89.6 Å². The molecule has 246 valence electrons. The van der Waals surface area contributed by atoms with E-state index < -0.39 is 18.7 Å². The van der Waals surface area contributed by atoms with Crippen LogP contribution in [0.4, 0.5) is 13.6 Å². The van der Waals surface area contributed by atoms with Gasteiger partial charge in [-0.25, -0.2) is 9.78 Å². The van der Waals surface area contributed by atoms with E-state index in [4.69, 9.17) is 9.15 Å². The zero-order valence-electron chi connectivity index (χ0n) is 25.7. The number of fused-ring (bicyclic) bond motifs is 1. The second kappa shape index (κ2) is 13.7. The standard InChI is InChI=1S/C33H31F2N9O4/c34-32(35)44-39-29(38-40-44)28(23-9-5-2-6-10-23)41-15-17-42(18-16-41)31(45)25-19-24(11-13-36-25)30-37-26-20-43(14-12-27(26)48-30)33(46)47-21-22-7-3-1-4-8-22/h1-11,13,19,28,32H,12,14-18,20-21H2. The van der Waals surface area contributed by atoms with E-state index >= 15 is 0 Å². The van der Waals surface area contributed by atoms with E-state index in [1.54, 1.807) is 28.1 Å². The van der Waals surface area contributed by atoms with Crippen LogP contribution in [0.2, 0.25) is 0 Å². The van der Waals surface area contributed by atoms with Crippen molar-refractivity contribution >= 4 is 12.0 Å². The molecule has 1 saturated heterocycles. The number of hydrogen-bond donors (Lipinski definition) is 0. The highest BCUT2D eigenvalue weighted by atomic mass is 19.3. The number of tetrazole rings is 1. The summed E-state index contributed by atoms with van der Waals surface area (Å²) in [6, 6.07) is 21.7. The Bertz CT molecular complexity index is 1880. The Hall–Kier alpha value is -5.57. The average molecular weight is 656 g/mol. The van der Waals surface area contributed by atoms with Crippen LogP contribution >= 0.6 is 0 Å². The number of alkyl halides is 2. The van der Waals surface area contributed by atoms with Gasteiger partial charge in [0.15, 0.2) is 5.82 Å². The Balaban J connectivity index is 0.999. The Kier molecular flexibility index (Phi) is 8.83. The predicted molar refractivity (Wildman–Crippen MR) is 165 cm³/mol. The summed E-state index contributed by atoms with van der Waals surface area (Å²) in [5, 5.41) is 11.4. The maximum Gasteiger partial charge on any atom is 0.410 e. The quantitative estimate of drug-likeness (QED) is 0.237. The van der Waals surface area contributed by atoms with E-state index in [-0.39, 0.29) is 30.6 Å². The molecule has 1 fully saturated rings. The largest absolute Gasteiger partial charge is 0.445 e. The number of hydrogen-bond acceptors (Lipinski definition) is 10. The van der Waals surface area contributed by atoms with E-state index in [1.807, 2.05) is 65.6 Å². The van der Waals surface area contributed by atoms with Gasteiger partial charge in [0.25, 0.3) is 5.91 Å². The first-order valence-corrected chi connectivity index (χ1v) is 15.5. The molecule has 0 radical (unpaired) electrons. The molecule has 0 spiro atoms. The first-order valence-electron chi connectivity index (χ1n) is 15.5. The lowest BCUT2D eigenvalue weighted by Gasteiger charge is -2.38. The molecule has 0 bridgehead atoms. The monoisotopic (exact) mass is 655 g/mol. The minimum Gasteiger partial charge on any atom is -0.445 e. The second-order valence-corrected chi connectivity index (χ2v) is 11.4. The Morgan fingerprint density at radius 3 is 2.40 bits per heavy atom. The van der Waals surface area contributed by atoms with Crippen LogP contribution in [0.5, 0.6) is 0 Å². The van der Waals surface area contributed by atoms with Crippen LogP contribution in [0.15, 0.2) is 83.4 Å². The van der Waals surface area contributed by atoms with Crippen LogP contribution in [0.1, 0.15) is 51.5 Å². The highest BCUT2D eigenvalue weighted by Gasteiger charge is 2.33. The number of rotatable bonds is 8. The van der Waals surface area contributed by atoms with Crippen molar-refractivity contribution in [1.29, 1.82) is 0 Å². The fraction of sp³-hybridized carbons (Fsp3) is 0.303. The molecule has 2 aliphatic heterocycles. The number of amides is 2. The van der Waals surface area contributed by atoms with E-state index in [0.717, 1.165) is 11.1 Å². The molecule has 0 N–H and O–H groups in total. The molecule has 2 amide bonds. The van der Waals surface area contributed by atoms with E-state index in [9.17, 15) is 18.4 Å². The minimum atomic E-state index is -2.90. The number of aromatic nitrogens is 6. The van der Waals surface area contributed by atoms with Crippen molar-refractivity contribution < 1.29 is 27.5 Å². The highest BCUT2D eigenvalue weighted by Crippen LogP contribution is 2.29. The Morgan fingerprint density at radius 2 is 1.67 bits per heavy atom. The molecule has 1 atom stereocenters. The molecule has 15 heteroatoms. The number of pyridine rings is 1. The van der Waals surface area contributed by atoms with Gasteiger partial charge in [0.1, 0.15) is 23.8 Å². The number of carbonyl (C=O) groups excluding carboxylic acids is 2. The number of nitrogens with zero attached hydrogens (tertiary/aromatic N) is 9. The third-order valence-electron chi connectivity index (χ3n) is 8.36. The van der Waals surface area contributed by atoms with Crippen LogP contribution < -0.4 is 0 Å². The van der Waals surface area contributed by atoms with E-state index in [0.29, 0.717) is 66.8 Å². The maximum absolute atomic E-state index is 13.6. The van der Waals surface area contributed by atoms with Gasteiger partial charge in [-0.05, 0) is 28.5 Å². The zero-order valence-corrected chi connectivity index (χ0v) is 25.7. The van der Waals surface area contributed by atoms with Gasteiger partial charge in [0, 0.05) is 50.9 Å². The zero-order chi connectivity index (χ0) is 33.0. The molecular formula is C33H31F2N9O4. The third-order valence-corrected chi connectivity index (χ3v) is 8.36. The molecule has 0 saturated carbocycles.